The summed E-state index contributed by atoms with van der Waals surface area (Å²) in [5.41, 5.74) is 0.838. The van der Waals surface area contributed by atoms with Gasteiger partial charge in [0, 0.05) is 17.5 Å². The fourth-order valence-corrected chi connectivity index (χ4v) is 2.20. The molecule has 0 amide bonds. The molecule has 2 aromatic carbocycles. The smallest absolute Gasteiger partial charge is 0.313 e. The lowest BCUT2D eigenvalue weighted by Gasteiger charge is -2.08. The summed E-state index contributed by atoms with van der Waals surface area (Å²) in [6.45, 7) is 0. The number of hydrogen-bond donors (Lipinski definition) is 0. The Balaban J connectivity index is 2.36. The van der Waals surface area contributed by atoms with E-state index in [0.29, 0.717) is 5.75 Å². The number of alkyl halides is 1. The largest absolute Gasteiger partial charge is 0.450 e. The summed E-state index contributed by atoms with van der Waals surface area (Å²) in [6, 6.07) is 9.67. The van der Waals surface area contributed by atoms with Crippen molar-refractivity contribution >= 4 is 44.8 Å². The molecule has 0 heterocycles. The average molecular weight is 377 g/mol. The van der Waals surface area contributed by atoms with E-state index in [4.69, 9.17) is 27.9 Å². The van der Waals surface area contributed by atoms with Crippen LogP contribution in [-0.4, -0.2) is 4.92 Å². The maximum absolute atomic E-state index is 11.0. The van der Waals surface area contributed by atoms with Crippen LogP contribution >= 0.6 is 39.1 Å². The lowest BCUT2D eigenvalue weighted by atomic mass is 10.2. The van der Waals surface area contributed by atoms with Gasteiger partial charge in [0.2, 0.25) is 5.75 Å². The topological polar surface area (TPSA) is 52.4 Å². The van der Waals surface area contributed by atoms with Crippen LogP contribution in [0.4, 0.5) is 5.69 Å². The molecule has 2 aromatic rings. The number of rotatable bonds is 4. The van der Waals surface area contributed by atoms with Crippen LogP contribution < -0.4 is 4.74 Å². The van der Waals surface area contributed by atoms with Gasteiger partial charge in [-0.15, -0.1) is 0 Å². The highest BCUT2D eigenvalue weighted by molar-refractivity contribution is 9.08. The second kappa shape index (κ2) is 6.43. The summed E-state index contributed by atoms with van der Waals surface area (Å²) in [5.74, 6) is 0.534. The van der Waals surface area contributed by atoms with E-state index in [0.717, 1.165) is 10.9 Å². The van der Waals surface area contributed by atoms with Crippen molar-refractivity contribution in [1.82, 2.24) is 0 Å². The highest BCUT2D eigenvalue weighted by atomic mass is 79.9. The molecule has 0 aliphatic rings. The maximum Gasteiger partial charge on any atom is 0.313 e. The van der Waals surface area contributed by atoms with E-state index in [2.05, 4.69) is 15.9 Å². The minimum atomic E-state index is -0.565. The van der Waals surface area contributed by atoms with E-state index in [1.54, 1.807) is 12.1 Å². The third-order valence-corrected chi connectivity index (χ3v) is 3.87. The zero-order valence-electron chi connectivity index (χ0n) is 9.98. The number of halogens is 3. The van der Waals surface area contributed by atoms with Gasteiger partial charge in [-0.25, -0.2) is 0 Å². The lowest BCUT2D eigenvalue weighted by molar-refractivity contribution is -0.385. The predicted molar refractivity (Wildman–Crippen MR) is 82.3 cm³/mol. The first-order valence-corrected chi connectivity index (χ1v) is 7.35. The van der Waals surface area contributed by atoms with Crippen molar-refractivity contribution in [2.75, 3.05) is 0 Å². The molecule has 0 spiro atoms. The number of nitro groups is 1. The standard InChI is InChI=1S/C13H8BrCl2NO3/c14-7-8-1-3-9(4-2-8)20-13-6-11(16)10(15)5-12(13)17(18)19/h1-6H,7H2. The fourth-order valence-electron chi connectivity index (χ4n) is 1.52. The molecule has 0 N–H and O–H groups in total. The van der Waals surface area contributed by atoms with Crippen LogP contribution in [0.15, 0.2) is 36.4 Å². The van der Waals surface area contributed by atoms with Gasteiger partial charge in [-0.2, -0.15) is 0 Å². The Kier molecular flexibility index (Phi) is 4.86. The molecule has 7 heteroatoms. The van der Waals surface area contributed by atoms with Gasteiger partial charge in [-0.05, 0) is 17.7 Å². The number of hydrogen-bond acceptors (Lipinski definition) is 3. The van der Waals surface area contributed by atoms with Crippen molar-refractivity contribution in [3.05, 3.63) is 62.1 Å². The van der Waals surface area contributed by atoms with Crippen LogP contribution in [0.2, 0.25) is 10.0 Å². The monoisotopic (exact) mass is 375 g/mol. The van der Waals surface area contributed by atoms with Gasteiger partial charge >= 0.3 is 5.69 Å². The molecular formula is C13H8BrCl2NO3. The molecule has 0 aliphatic carbocycles. The number of nitrogens with zero attached hydrogens (tertiary/aromatic N) is 1. The Labute approximate surface area is 133 Å². The molecular weight excluding hydrogens is 369 g/mol. The molecule has 0 aliphatic heterocycles. The van der Waals surface area contributed by atoms with Gasteiger partial charge in [0.05, 0.1) is 15.0 Å². The SMILES string of the molecule is O=[N+]([O-])c1cc(Cl)c(Cl)cc1Oc1ccc(CBr)cc1. The van der Waals surface area contributed by atoms with E-state index in [1.165, 1.54) is 12.1 Å². The molecule has 0 fully saturated rings. The molecule has 20 heavy (non-hydrogen) atoms. The number of benzene rings is 2. The van der Waals surface area contributed by atoms with E-state index >= 15 is 0 Å². The van der Waals surface area contributed by atoms with Crippen LogP contribution in [0.3, 0.4) is 0 Å². The van der Waals surface area contributed by atoms with E-state index in [-0.39, 0.29) is 21.5 Å². The van der Waals surface area contributed by atoms with E-state index in [1.807, 2.05) is 12.1 Å². The minimum Gasteiger partial charge on any atom is -0.450 e. The van der Waals surface area contributed by atoms with Crippen molar-refractivity contribution in [2.45, 2.75) is 5.33 Å². The van der Waals surface area contributed by atoms with Gasteiger partial charge in [-0.3, -0.25) is 10.1 Å². The van der Waals surface area contributed by atoms with E-state index in [9.17, 15) is 10.1 Å². The quantitative estimate of drug-likeness (QED) is 0.397. The van der Waals surface area contributed by atoms with E-state index < -0.39 is 4.92 Å². The molecule has 0 bridgehead atoms. The van der Waals surface area contributed by atoms with Crippen molar-refractivity contribution in [1.29, 1.82) is 0 Å². The average Bonchev–Trinajstić information content (AvgIpc) is 2.43. The summed E-state index contributed by atoms with van der Waals surface area (Å²) in [5, 5.41) is 12.0. The molecule has 0 saturated carbocycles. The highest BCUT2D eigenvalue weighted by Gasteiger charge is 2.19. The summed E-state index contributed by atoms with van der Waals surface area (Å²) in [6.07, 6.45) is 0. The Hall–Kier alpha value is -1.30. The predicted octanol–water partition coefficient (Wildman–Crippen LogP) is 5.59. The van der Waals surface area contributed by atoms with Gasteiger partial charge < -0.3 is 4.74 Å². The molecule has 0 saturated heterocycles. The van der Waals surface area contributed by atoms with Crippen molar-refractivity contribution in [3.8, 4) is 11.5 Å². The first-order valence-electron chi connectivity index (χ1n) is 5.47. The summed E-state index contributed by atoms with van der Waals surface area (Å²) >= 11 is 15.0. The van der Waals surface area contributed by atoms with Crippen molar-refractivity contribution in [3.63, 3.8) is 0 Å². The first kappa shape index (κ1) is 15.1. The van der Waals surface area contributed by atoms with Crippen LogP contribution in [-0.2, 0) is 5.33 Å². The normalized spacial score (nSPS) is 10.3. The third-order valence-electron chi connectivity index (χ3n) is 2.50. The van der Waals surface area contributed by atoms with Crippen LogP contribution in [0.1, 0.15) is 5.56 Å². The van der Waals surface area contributed by atoms with Crippen LogP contribution in [0, 0.1) is 10.1 Å². The summed E-state index contributed by atoms with van der Waals surface area (Å²) < 4.78 is 5.51. The zero-order chi connectivity index (χ0) is 14.7. The third kappa shape index (κ3) is 3.42. The molecule has 0 aromatic heterocycles. The van der Waals surface area contributed by atoms with Gasteiger partial charge in [0.25, 0.3) is 0 Å². The first-order chi connectivity index (χ1) is 9.51. The zero-order valence-corrected chi connectivity index (χ0v) is 13.1. The summed E-state index contributed by atoms with van der Waals surface area (Å²) in [4.78, 5) is 10.4. The van der Waals surface area contributed by atoms with Crippen LogP contribution in [0.25, 0.3) is 0 Å². The Bertz CT molecular complexity index is 647. The Morgan fingerprint density at radius 1 is 1.15 bits per heavy atom. The molecule has 4 nitrogen and oxygen atoms in total. The second-order valence-electron chi connectivity index (χ2n) is 3.87. The molecule has 104 valence electrons. The van der Waals surface area contributed by atoms with Crippen LogP contribution in [0.5, 0.6) is 11.5 Å². The van der Waals surface area contributed by atoms with Gasteiger partial charge in [0.1, 0.15) is 5.75 Å². The fraction of sp³-hybridized carbons (Fsp3) is 0.0769. The highest BCUT2D eigenvalue weighted by Crippen LogP contribution is 2.38. The molecule has 0 radical (unpaired) electrons. The van der Waals surface area contributed by atoms with Crippen molar-refractivity contribution in [2.24, 2.45) is 0 Å². The molecule has 2 rings (SSSR count). The number of ether oxygens (including phenoxy) is 1. The summed E-state index contributed by atoms with van der Waals surface area (Å²) in [7, 11) is 0. The maximum atomic E-state index is 11.0. The van der Waals surface area contributed by atoms with Gasteiger partial charge in [0.15, 0.2) is 0 Å². The minimum absolute atomic E-state index is 0.0518. The van der Waals surface area contributed by atoms with Gasteiger partial charge in [-0.1, -0.05) is 51.3 Å². The Morgan fingerprint density at radius 2 is 1.75 bits per heavy atom. The molecule has 0 atom stereocenters. The number of nitro benzene ring substituents is 1. The molecule has 0 unspecified atom stereocenters. The Morgan fingerprint density at radius 3 is 2.30 bits per heavy atom. The lowest BCUT2D eigenvalue weighted by Crippen LogP contribution is -1.94. The van der Waals surface area contributed by atoms with Crippen molar-refractivity contribution < 1.29 is 9.66 Å². The second-order valence-corrected chi connectivity index (χ2v) is 5.25.